The van der Waals surface area contributed by atoms with Crippen molar-refractivity contribution in [2.75, 3.05) is 13.2 Å². The van der Waals surface area contributed by atoms with Crippen LogP contribution in [0.5, 0.6) is 0 Å². The molecule has 0 aromatic rings. The Balaban J connectivity index is 2.63. The molecule has 2 unspecified atom stereocenters. The van der Waals surface area contributed by atoms with Crippen LogP contribution in [0, 0.1) is 0 Å². The maximum absolute atomic E-state index is 11.0. The predicted octanol–water partition coefficient (Wildman–Crippen LogP) is 0.266. The van der Waals surface area contributed by atoms with Crippen LogP contribution < -0.4 is 0 Å². The standard InChI is InChI=1S/C7H11ClO4/c1-2-11-5(9)7(8)3-4-12-6(7)10/h5,9H,2-4H2,1H3. The molecule has 0 radical (unpaired) electrons. The molecule has 1 rings (SSSR count). The molecule has 1 aliphatic heterocycles. The summed E-state index contributed by atoms with van der Waals surface area (Å²) >= 11 is 5.80. The second kappa shape index (κ2) is 3.60. The number of esters is 1. The van der Waals surface area contributed by atoms with Gasteiger partial charge in [-0.05, 0) is 6.92 Å². The van der Waals surface area contributed by atoms with Crippen LogP contribution in [-0.2, 0) is 14.3 Å². The Morgan fingerprint density at radius 1 is 1.92 bits per heavy atom. The number of carbonyl (C=O) groups excluding carboxylic acids is 1. The maximum Gasteiger partial charge on any atom is 0.332 e. The average Bonchev–Trinajstić information content (AvgIpc) is 2.34. The summed E-state index contributed by atoms with van der Waals surface area (Å²) in [6, 6.07) is 0. The van der Waals surface area contributed by atoms with Gasteiger partial charge in [0.05, 0.1) is 6.61 Å². The highest BCUT2D eigenvalue weighted by Gasteiger charge is 2.49. The molecule has 2 atom stereocenters. The Morgan fingerprint density at radius 3 is 3.00 bits per heavy atom. The normalized spacial score (nSPS) is 31.8. The smallest absolute Gasteiger partial charge is 0.332 e. The van der Waals surface area contributed by atoms with E-state index in [0.29, 0.717) is 6.61 Å². The van der Waals surface area contributed by atoms with Crippen molar-refractivity contribution >= 4 is 17.6 Å². The molecular weight excluding hydrogens is 184 g/mol. The summed E-state index contributed by atoms with van der Waals surface area (Å²) in [4.78, 5) is 9.63. The van der Waals surface area contributed by atoms with Crippen molar-refractivity contribution in [3.05, 3.63) is 0 Å². The SMILES string of the molecule is CCOC(O)C1(Cl)CCOC1=O. The molecule has 1 aliphatic rings. The summed E-state index contributed by atoms with van der Waals surface area (Å²) in [6.07, 6.45) is -0.992. The molecule has 4 nitrogen and oxygen atoms in total. The molecule has 12 heavy (non-hydrogen) atoms. The number of rotatable bonds is 3. The fourth-order valence-electron chi connectivity index (χ4n) is 1.03. The Labute approximate surface area is 75.4 Å². The summed E-state index contributed by atoms with van der Waals surface area (Å²) in [6.45, 7) is 2.26. The lowest BCUT2D eigenvalue weighted by molar-refractivity contribution is -0.157. The lowest BCUT2D eigenvalue weighted by atomic mass is 10.1. The third kappa shape index (κ3) is 1.55. The minimum atomic E-state index is -1.39. The number of carbonyl (C=O) groups is 1. The van der Waals surface area contributed by atoms with Gasteiger partial charge in [-0.3, -0.25) is 0 Å². The first-order chi connectivity index (χ1) is 5.61. The van der Waals surface area contributed by atoms with Crippen LogP contribution in [0.25, 0.3) is 0 Å². The molecule has 1 saturated heterocycles. The second-order valence-corrected chi connectivity index (χ2v) is 3.23. The molecule has 1 N–H and O–H groups in total. The highest BCUT2D eigenvalue weighted by molar-refractivity contribution is 6.34. The predicted molar refractivity (Wildman–Crippen MR) is 41.8 cm³/mol. The van der Waals surface area contributed by atoms with E-state index in [1.165, 1.54) is 0 Å². The van der Waals surface area contributed by atoms with Crippen molar-refractivity contribution < 1.29 is 19.4 Å². The van der Waals surface area contributed by atoms with Gasteiger partial charge in [-0.15, -0.1) is 11.6 Å². The van der Waals surface area contributed by atoms with E-state index in [1.54, 1.807) is 6.92 Å². The van der Waals surface area contributed by atoms with E-state index in [9.17, 15) is 9.90 Å². The number of halogens is 1. The van der Waals surface area contributed by atoms with E-state index in [-0.39, 0.29) is 13.0 Å². The minimum Gasteiger partial charge on any atom is -0.464 e. The zero-order valence-electron chi connectivity index (χ0n) is 6.75. The first-order valence-corrected chi connectivity index (χ1v) is 4.15. The zero-order valence-corrected chi connectivity index (χ0v) is 7.50. The molecule has 1 fully saturated rings. The summed E-state index contributed by atoms with van der Waals surface area (Å²) in [7, 11) is 0. The van der Waals surface area contributed by atoms with Crippen LogP contribution in [-0.4, -0.2) is 35.5 Å². The number of aliphatic hydroxyl groups is 1. The third-order valence-corrected chi connectivity index (χ3v) is 2.28. The minimum absolute atomic E-state index is 0.243. The lowest BCUT2D eigenvalue weighted by Gasteiger charge is -2.22. The monoisotopic (exact) mass is 194 g/mol. The van der Waals surface area contributed by atoms with Crippen molar-refractivity contribution in [1.29, 1.82) is 0 Å². The number of aliphatic hydroxyl groups excluding tert-OH is 1. The van der Waals surface area contributed by atoms with Gasteiger partial charge in [0.2, 0.25) is 0 Å². The van der Waals surface area contributed by atoms with Crippen molar-refractivity contribution in [3.63, 3.8) is 0 Å². The summed E-state index contributed by atoms with van der Waals surface area (Å²) in [5.41, 5.74) is 0. The molecule has 0 bridgehead atoms. The van der Waals surface area contributed by atoms with Crippen LogP contribution in [0.2, 0.25) is 0 Å². The first kappa shape index (κ1) is 9.77. The molecule has 0 amide bonds. The number of alkyl halides is 1. The van der Waals surface area contributed by atoms with Crippen molar-refractivity contribution in [1.82, 2.24) is 0 Å². The Hall–Kier alpha value is -0.320. The summed E-state index contributed by atoms with van der Waals surface area (Å²) < 4.78 is 9.45. The fourth-order valence-corrected chi connectivity index (χ4v) is 1.22. The summed E-state index contributed by atoms with van der Waals surface area (Å²) in [5.74, 6) is -0.606. The van der Waals surface area contributed by atoms with Gasteiger partial charge in [0.25, 0.3) is 0 Å². The van der Waals surface area contributed by atoms with Gasteiger partial charge in [-0.2, -0.15) is 0 Å². The zero-order chi connectivity index (χ0) is 9.19. The quantitative estimate of drug-likeness (QED) is 0.398. The van der Waals surface area contributed by atoms with E-state index >= 15 is 0 Å². The molecule has 0 saturated carbocycles. The molecule has 1 heterocycles. The maximum atomic E-state index is 11.0. The van der Waals surface area contributed by atoms with Gasteiger partial charge in [0, 0.05) is 13.0 Å². The summed E-state index contributed by atoms with van der Waals surface area (Å²) in [5, 5.41) is 9.32. The largest absolute Gasteiger partial charge is 0.464 e. The number of hydrogen-bond donors (Lipinski definition) is 1. The van der Waals surface area contributed by atoms with E-state index in [4.69, 9.17) is 16.3 Å². The fraction of sp³-hybridized carbons (Fsp3) is 0.857. The third-order valence-electron chi connectivity index (χ3n) is 1.75. The van der Waals surface area contributed by atoms with Crippen LogP contribution in [0.15, 0.2) is 0 Å². The van der Waals surface area contributed by atoms with Crippen LogP contribution in [0.1, 0.15) is 13.3 Å². The van der Waals surface area contributed by atoms with E-state index in [2.05, 4.69) is 4.74 Å². The first-order valence-electron chi connectivity index (χ1n) is 3.77. The van der Waals surface area contributed by atoms with Crippen LogP contribution in [0.3, 0.4) is 0 Å². The lowest BCUT2D eigenvalue weighted by Crippen LogP contribution is -2.42. The second-order valence-electron chi connectivity index (χ2n) is 2.56. The van der Waals surface area contributed by atoms with Crippen LogP contribution in [0.4, 0.5) is 0 Å². The molecule has 0 aliphatic carbocycles. The van der Waals surface area contributed by atoms with Crippen molar-refractivity contribution in [2.24, 2.45) is 0 Å². The number of ether oxygens (including phenoxy) is 2. The Kier molecular flexibility index (Phi) is 2.93. The van der Waals surface area contributed by atoms with E-state index in [1.807, 2.05) is 0 Å². The van der Waals surface area contributed by atoms with Gasteiger partial charge >= 0.3 is 5.97 Å². The highest BCUT2D eigenvalue weighted by Crippen LogP contribution is 2.31. The van der Waals surface area contributed by atoms with Crippen LogP contribution >= 0.6 is 11.6 Å². The Bertz CT molecular complexity index is 184. The highest BCUT2D eigenvalue weighted by atomic mass is 35.5. The average molecular weight is 195 g/mol. The molecule has 5 heteroatoms. The molecular formula is C7H11ClO4. The molecule has 70 valence electrons. The van der Waals surface area contributed by atoms with Crippen molar-refractivity contribution in [3.8, 4) is 0 Å². The van der Waals surface area contributed by atoms with E-state index < -0.39 is 17.1 Å². The molecule has 0 aromatic heterocycles. The van der Waals surface area contributed by atoms with Gasteiger partial charge in [-0.1, -0.05) is 0 Å². The van der Waals surface area contributed by atoms with Gasteiger partial charge < -0.3 is 14.6 Å². The number of cyclic esters (lactones) is 1. The van der Waals surface area contributed by atoms with Gasteiger partial charge in [-0.25, -0.2) is 4.79 Å². The number of hydrogen-bond acceptors (Lipinski definition) is 4. The Morgan fingerprint density at radius 2 is 2.58 bits per heavy atom. The molecule has 0 aromatic carbocycles. The van der Waals surface area contributed by atoms with Gasteiger partial charge in [0.15, 0.2) is 11.2 Å². The van der Waals surface area contributed by atoms with Gasteiger partial charge in [0.1, 0.15) is 0 Å². The topological polar surface area (TPSA) is 55.8 Å². The molecule has 0 spiro atoms. The van der Waals surface area contributed by atoms with Crippen molar-refractivity contribution in [2.45, 2.75) is 24.5 Å². The van der Waals surface area contributed by atoms with E-state index in [0.717, 1.165) is 0 Å².